The molecule has 1 fully saturated rings. The van der Waals surface area contributed by atoms with E-state index in [2.05, 4.69) is 20.1 Å². The molecule has 1 amide bonds. The Kier molecular flexibility index (Phi) is 5.44. The lowest BCUT2D eigenvalue weighted by atomic mass is 9.95. The van der Waals surface area contributed by atoms with Gasteiger partial charge in [0.25, 0.3) is 5.91 Å². The summed E-state index contributed by atoms with van der Waals surface area (Å²) in [5.41, 5.74) is 0. The minimum Gasteiger partial charge on any atom is -0.338 e. The molecule has 0 atom stereocenters. The van der Waals surface area contributed by atoms with Gasteiger partial charge in [0.05, 0.1) is 15.8 Å². The summed E-state index contributed by atoms with van der Waals surface area (Å²) >= 11 is 7.27. The molecular formula is C15H19Cl2N5OS. The maximum absolute atomic E-state index is 12.5. The molecule has 130 valence electrons. The molecule has 4 heterocycles. The first-order valence-corrected chi connectivity index (χ1v) is 9.09. The zero-order valence-corrected chi connectivity index (χ0v) is 15.5. The monoisotopic (exact) mass is 387 g/mol. The van der Waals surface area contributed by atoms with Gasteiger partial charge in [0, 0.05) is 32.1 Å². The number of aromatic nitrogens is 3. The second kappa shape index (κ2) is 7.39. The SMILES string of the molecule is Cl.O=C(c1ccc(Cl)s1)N1CCC(c2nnc3n2CCNC3)CC1. The molecule has 6 nitrogen and oxygen atoms in total. The summed E-state index contributed by atoms with van der Waals surface area (Å²) in [6, 6.07) is 3.59. The number of carbonyl (C=O) groups excluding carboxylic acids is 1. The average Bonchev–Trinajstić information content (AvgIpc) is 3.21. The van der Waals surface area contributed by atoms with Crippen molar-refractivity contribution in [1.82, 2.24) is 25.0 Å². The number of hydrogen-bond donors (Lipinski definition) is 1. The molecule has 0 spiro atoms. The third-order valence-corrected chi connectivity index (χ3v) is 5.80. The molecule has 2 aromatic rings. The lowest BCUT2D eigenvalue weighted by Crippen LogP contribution is -2.38. The molecule has 2 aliphatic heterocycles. The van der Waals surface area contributed by atoms with E-state index < -0.39 is 0 Å². The van der Waals surface area contributed by atoms with Crippen molar-refractivity contribution in [1.29, 1.82) is 0 Å². The molecule has 24 heavy (non-hydrogen) atoms. The molecule has 0 bridgehead atoms. The number of thiophene rings is 1. The zero-order valence-electron chi connectivity index (χ0n) is 13.1. The van der Waals surface area contributed by atoms with Gasteiger partial charge in [0.2, 0.25) is 0 Å². The van der Waals surface area contributed by atoms with Crippen LogP contribution in [0.15, 0.2) is 12.1 Å². The number of nitrogens with one attached hydrogen (secondary N) is 1. The van der Waals surface area contributed by atoms with Gasteiger partial charge in [-0.25, -0.2) is 0 Å². The molecule has 9 heteroatoms. The number of amides is 1. The lowest BCUT2D eigenvalue weighted by Gasteiger charge is -2.31. The second-order valence-corrected chi connectivity index (χ2v) is 7.69. The van der Waals surface area contributed by atoms with Crippen molar-refractivity contribution in [2.45, 2.75) is 31.8 Å². The maximum Gasteiger partial charge on any atom is 0.263 e. The van der Waals surface area contributed by atoms with Crippen molar-refractivity contribution in [2.24, 2.45) is 0 Å². The minimum absolute atomic E-state index is 0. The minimum atomic E-state index is 0. The number of fused-ring (bicyclic) bond motifs is 1. The van der Waals surface area contributed by atoms with Gasteiger partial charge in [-0.3, -0.25) is 4.79 Å². The molecule has 1 saturated heterocycles. The maximum atomic E-state index is 12.5. The molecule has 4 rings (SSSR count). The number of halogens is 2. The molecule has 0 saturated carbocycles. The van der Waals surface area contributed by atoms with Gasteiger partial charge in [-0.15, -0.1) is 33.9 Å². The van der Waals surface area contributed by atoms with E-state index in [-0.39, 0.29) is 18.3 Å². The predicted molar refractivity (Wildman–Crippen MR) is 96.2 cm³/mol. The number of likely N-dealkylation sites (tertiary alicyclic amines) is 1. The molecule has 0 aliphatic carbocycles. The highest BCUT2D eigenvalue weighted by Crippen LogP contribution is 2.30. The summed E-state index contributed by atoms with van der Waals surface area (Å²) in [6.45, 7) is 4.22. The fraction of sp³-hybridized carbons (Fsp3) is 0.533. The number of piperidine rings is 1. The van der Waals surface area contributed by atoms with Gasteiger partial charge in [0.1, 0.15) is 11.6 Å². The van der Waals surface area contributed by atoms with Gasteiger partial charge < -0.3 is 14.8 Å². The first kappa shape index (κ1) is 17.7. The molecule has 2 aromatic heterocycles. The molecule has 0 radical (unpaired) electrons. The van der Waals surface area contributed by atoms with Crippen LogP contribution in [0, 0.1) is 0 Å². The normalized spacial score (nSPS) is 18.1. The van der Waals surface area contributed by atoms with Crippen molar-refractivity contribution < 1.29 is 4.79 Å². The summed E-state index contributed by atoms with van der Waals surface area (Å²) in [6.07, 6.45) is 1.88. The van der Waals surface area contributed by atoms with E-state index in [1.165, 1.54) is 11.3 Å². The predicted octanol–water partition coefficient (Wildman–Crippen LogP) is 2.54. The fourth-order valence-electron chi connectivity index (χ4n) is 3.34. The fourth-order valence-corrected chi connectivity index (χ4v) is 4.35. The Bertz CT molecular complexity index is 723. The second-order valence-electron chi connectivity index (χ2n) is 5.97. The van der Waals surface area contributed by atoms with Crippen molar-refractivity contribution in [3.63, 3.8) is 0 Å². The summed E-state index contributed by atoms with van der Waals surface area (Å²) in [7, 11) is 0. The van der Waals surface area contributed by atoms with Crippen molar-refractivity contribution in [2.75, 3.05) is 19.6 Å². The largest absolute Gasteiger partial charge is 0.338 e. The summed E-state index contributed by atoms with van der Waals surface area (Å²) in [5, 5.41) is 12.0. The third kappa shape index (κ3) is 3.31. The number of nitrogens with zero attached hydrogens (tertiary/aromatic N) is 4. The van der Waals surface area contributed by atoms with Gasteiger partial charge in [0.15, 0.2) is 0 Å². The number of carbonyl (C=O) groups is 1. The van der Waals surface area contributed by atoms with Crippen LogP contribution >= 0.6 is 35.3 Å². The average molecular weight is 388 g/mol. The van der Waals surface area contributed by atoms with Crippen LogP contribution in [0.25, 0.3) is 0 Å². The van der Waals surface area contributed by atoms with E-state index >= 15 is 0 Å². The van der Waals surface area contributed by atoms with Crippen LogP contribution in [-0.2, 0) is 13.1 Å². The van der Waals surface area contributed by atoms with Crippen LogP contribution in [0.1, 0.15) is 40.1 Å². The van der Waals surface area contributed by atoms with Crippen molar-refractivity contribution in [3.8, 4) is 0 Å². The van der Waals surface area contributed by atoms with E-state index in [0.29, 0.717) is 10.3 Å². The van der Waals surface area contributed by atoms with Gasteiger partial charge in [-0.1, -0.05) is 11.6 Å². The zero-order chi connectivity index (χ0) is 15.8. The van der Waals surface area contributed by atoms with Crippen LogP contribution in [-0.4, -0.2) is 45.2 Å². The highest BCUT2D eigenvalue weighted by atomic mass is 35.5. The first-order valence-electron chi connectivity index (χ1n) is 7.89. The van der Waals surface area contributed by atoms with Gasteiger partial charge in [-0.2, -0.15) is 0 Å². The standard InChI is InChI=1S/C15H18ClN5OS.ClH/c16-12-2-1-11(23-12)15(22)20-6-3-10(4-7-20)14-19-18-13-9-17-5-8-21(13)14;/h1-2,10,17H,3-9H2;1H. The van der Waals surface area contributed by atoms with Crippen LogP contribution in [0.4, 0.5) is 0 Å². The number of hydrogen-bond acceptors (Lipinski definition) is 5. The molecule has 0 unspecified atom stereocenters. The quantitative estimate of drug-likeness (QED) is 0.859. The lowest BCUT2D eigenvalue weighted by molar-refractivity contribution is 0.0715. The number of rotatable bonds is 2. The van der Waals surface area contributed by atoms with E-state index in [1.807, 2.05) is 11.0 Å². The smallest absolute Gasteiger partial charge is 0.263 e. The first-order chi connectivity index (χ1) is 11.2. The Balaban J connectivity index is 0.00000169. The Morgan fingerprint density at radius 2 is 2.04 bits per heavy atom. The Morgan fingerprint density at radius 3 is 2.75 bits per heavy atom. The Hall–Kier alpha value is -1.15. The van der Waals surface area contributed by atoms with E-state index in [0.717, 1.165) is 62.1 Å². The highest BCUT2D eigenvalue weighted by molar-refractivity contribution is 7.17. The third-order valence-electron chi connectivity index (χ3n) is 4.58. The van der Waals surface area contributed by atoms with Gasteiger partial charge >= 0.3 is 0 Å². The van der Waals surface area contributed by atoms with E-state index in [4.69, 9.17) is 11.6 Å². The highest BCUT2D eigenvalue weighted by Gasteiger charge is 2.29. The van der Waals surface area contributed by atoms with E-state index in [9.17, 15) is 4.79 Å². The molecular weight excluding hydrogens is 369 g/mol. The van der Waals surface area contributed by atoms with Crippen molar-refractivity contribution in [3.05, 3.63) is 33.0 Å². The topological polar surface area (TPSA) is 63.1 Å². The van der Waals surface area contributed by atoms with E-state index in [1.54, 1.807) is 6.07 Å². The molecule has 1 N–H and O–H groups in total. The summed E-state index contributed by atoms with van der Waals surface area (Å²) in [5.74, 6) is 2.60. The van der Waals surface area contributed by atoms with Crippen molar-refractivity contribution >= 4 is 41.3 Å². The summed E-state index contributed by atoms with van der Waals surface area (Å²) < 4.78 is 2.91. The summed E-state index contributed by atoms with van der Waals surface area (Å²) in [4.78, 5) is 15.1. The Morgan fingerprint density at radius 1 is 1.25 bits per heavy atom. The molecule has 2 aliphatic rings. The van der Waals surface area contributed by atoms with Gasteiger partial charge in [-0.05, 0) is 25.0 Å². The Labute approximate surface area is 155 Å². The van der Waals surface area contributed by atoms with Crippen LogP contribution in [0.2, 0.25) is 4.34 Å². The van der Waals surface area contributed by atoms with Crippen LogP contribution < -0.4 is 5.32 Å². The van der Waals surface area contributed by atoms with Crippen LogP contribution in [0.5, 0.6) is 0 Å². The van der Waals surface area contributed by atoms with Crippen LogP contribution in [0.3, 0.4) is 0 Å². The molecule has 0 aromatic carbocycles.